The molecule has 14 heteroatoms. The molecule has 260 valence electrons. The van der Waals surface area contributed by atoms with Crippen molar-refractivity contribution in [3.63, 3.8) is 0 Å². The molecule has 0 bridgehead atoms. The Morgan fingerprint density at radius 3 is 2.54 bits per heavy atom. The number of benzene rings is 1. The summed E-state index contributed by atoms with van der Waals surface area (Å²) in [4.78, 5) is 72.7. The molecule has 1 aromatic carbocycles. The molecule has 3 fully saturated rings. The number of aliphatic hydroxyl groups excluding tert-OH is 2. The minimum Gasteiger partial charge on any atom is -0.480 e. The standard InChI is InChI=1S/C34H42N2O12/c1-32-12-10-21(37)15-19(32)6-7-22-23-11-13-34(45,33(23,2)16-24(38)28(22)32)25(39)17-48-27(41)9-8-26(40)35-29(31(43)44)30(42)18-4-3-5-20(14-18)36(46)47/h3-5,14-15,22-24,28-30,38,42,45H,6-13,16-17H2,1-2H3,(H,35,40)(H,43,44)/t22-,23-,24-,28+,29+,30+,32-,33-,34-/m0/s1. The van der Waals surface area contributed by atoms with Crippen LogP contribution in [-0.4, -0.2) is 79.1 Å². The molecule has 0 aliphatic heterocycles. The fraction of sp³-hybridized carbons (Fsp3) is 0.618. The number of aliphatic carboxylic acids is 1. The van der Waals surface area contributed by atoms with Gasteiger partial charge in [0.25, 0.3) is 5.69 Å². The predicted octanol–water partition coefficient (Wildman–Crippen LogP) is 2.32. The molecule has 4 aliphatic carbocycles. The molecule has 3 saturated carbocycles. The van der Waals surface area contributed by atoms with Crippen LogP contribution in [0.1, 0.15) is 83.3 Å². The summed E-state index contributed by atoms with van der Waals surface area (Å²) >= 11 is 0. The topological polar surface area (TPSA) is 231 Å². The number of carbonyl (C=O) groups is 5. The molecule has 5 rings (SSSR count). The third kappa shape index (κ3) is 6.16. The van der Waals surface area contributed by atoms with Gasteiger partial charge in [-0.2, -0.15) is 0 Å². The Bertz CT molecular complexity index is 1560. The molecule has 4 aliphatic rings. The number of hydrogen-bond donors (Lipinski definition) is 5. The van der Waals surface area contributed by atoms with Crippen molar-refractivity contribution in [2.45, 2.75) is 95.5 Å². The largest absolute Gasteiger partial charge is 0.480 e. The smallest absolute Gasteiger partial charge is 0.329 e. The van der Waals surface area contributed by atoms with Crippen molar-refractivity contribution in [3.8, 4) is 0 Å². The lowest BCUT2D eigenvalue weighted by atomic mass is 9.45. The fourth-order valence-corrected chi connectivity index (χ4v) is 9.24. The lowest BCUT2D eigenvalue weighted by molar-refractivity contribution is -0.385. The third-order valence-electron chi connectivity index (χ3n) is 11.8. The molecular weight excluding hydrogens is 628 g/mol. The van der Waals surface area contributed by atoms with Crippen LogP contribution < -0.4 is 5.32 Å². The van der Waals surface area contributed by atoms with Gasteiger partial charge in [0.1, 0.15) is 11.7 Å². The SMILES string of the molecule is C[C@]12CCC(=O)C=C1CC[C@@H]1[C@@H]2[C@@H](O)C[C@@]2(C)[C@H]1CC[C@]2(O)C(=O)COC(=O)CCC(=O)N[C@@H](C(=O)O)[C@H](O)c1cccc([N+](=O)[O-])c1. The lowest BCUT2D eigenvalue weighted by Crippen LogP contribution is -2.62. The Labute approximate surface area is 276 Å². The molecule has 1 aromatic rings. The molecule has 0 radical (unpaired) electrons. The maximum Gasteiger partial charge on any atom is 0.329 e. The van der Waals surface area contributed by atoms with Gasteiger partial charge in [0, 0.05) is 30.4 Å². The van der Waals surface area contributed by atoms with E-state index in [0.717, 1.165) is 30.5 Å². The van der Waals surface area contributed by atoms with Gasteiger partial charge in [-0.3, -0.25) is 29.3 Å². The zero-order valence-corrected chi connectivity index (χ0v) is 26.9. The van der Waals surface area contributed by atoms with Crippen LogP contribution in [0.15, 0.2) is 35.9 Å². The predicted molar refractivity (Wildman–Crippen MR) is 166 cm³/mol. The van der Waals surface area contributed by atoms with E-state index in [0.29, 0.717) is 19.3 Å². The van der Waals surface area contributed by atoms with Crippen molar-refractivity contribution in [2.75, 3.05) is 6.61 Å². The first-order chi connectivity index (χ1) is 22.5. The average molecular weight is 671 g/mol. The summed E-state index contributed by atoms with van der Waals surface area (Å²) in [6, 6.07) is 2.79. The molecule has 9 atom stereocenters. The number of nitro benzene ring substituents is 1. The molecule has 1 amide bonds. The first kappa shape index (κ1) is 35.3. The number of allylic oxidation sites excluding steroid dienone is 1. The van der Waals surface area contributed by atoms with E-state index in [4.69, 9.17) is 4.74 Å². The Balaban J connectivity index is 1.16. The zero-order valence-electron chi connectivity index (χ0n) is 26.9. The summed E-state index contributed by atoms with van der Waals surface area (Å²) < 4.78 is 5.13. The molecule has 0 spiro atoms. The number of esters is 1. The fourth-order valence-electron chi connectivity index (χ4n) is 9.24. The Kier molecular flexibility index (Phi) is 9.65. The monoisotopic (exact) mass is 670 g/mol. The van der Waals surface area contributed by atoms with Crippen molar-refractivity contribution in [3.05, 3.63) is 51.6 Å². The average Bonchev–Trinajstić information content (AvgIpc) is 3.31. The van der Waals surface area contributed by atoms with Crippen molar-refractivity contribution < 1.29 is 54.1 Å². The molecule has 0 aromatic heterocycles. The number of ketones is 2. The van der Waals surface area contributed by atoms with E-state index in [1.807, 2.05) is 6.92 Å². The number of ether oxygens (including phenoxy) is 1. The van der Waals surface area contributed by atoms with Gasteiger partial charge in [-0.1, -0.05) is 31.6 Å². The first-order valence-corrected chi connectivity index (χ1v) is 16.3. The maximum absolute atomic E-state index is 13.5. The van der Waals surface area contributed by atoms with E-state index in [1.165, 1.54) is 12.1 Å². The van der Waals surface area contributed by atoms with E-state index >= 15 is 0 Å². The molecule has 5 N–H and O–H groups in total. The van der Waals surface area contributed by atoms with Gasteiger partial charge in [-0.25, -0.2) is 4.79 Å². The maximum atomic E-state index is 13.5. The van der Waals surface area contributed by atoms with E-state index in [-0.39, 0.29) is 53.0 Å². The van der Waals surface area contributed by atoms with E-state index in [1.54, 1.807) is 6.08 Å². The number of amides is 1. The summed E-state index contributed by atoms with van der Waals surface area (Å²) in [6.07, 6.45) is 1.46. The quantitative estimate of drug-likeness (QED) is 0.130. The number of aliphatic hydroxyl groups is 3. The van der Waals surface area contributed by atoms with Gasteiger partial charge in [-0.05, 0) is 73.3 Å². The number of carboxylic acids is 1. The first-order valence-electron chi connectivity index (χ1n) is 16.3. The second kappa shape index (κ2) is 13.1. The summed E-state index contributed by atoms with van der Waals surface area (Å²) in [5.41, 5.74) is -2.56. The molecule has 0 heterocycles. The van der Waals surface area contributed by atoms with Gasteiger partial charge in [-0.15, -0.1) is 0 Å². The van der Waals surface area contributed by atoms with Gasteiger partial charge in [0.15, 0.2) is 18.4 Å². The van der Waals surface area contributed by atoms with E-state index in [2.05, 4.69) is 12.2 Å². The second-order valence-electron chi connectivity index (χ2n) is 14.2. The highest BCUT2D eigenvalue weighted by Crippen LogP contribution is 2.67. The van der Waals surface area contributed by atoms with Gasteiger partial charge >= 0.3 is 11.9 Å². The van der Waals surface area contributed by atoms with Gasteiger partial charge < -0.3 is 30.5 Å². The number of nitrogens with one attached hydrogen (secondary N) is 1. The number of fused-ring (bicyclic) bond motifs is 5. The number of carbonyl (C=O) groups excluding carboxylic acids is 4. The summed E-state index contributed by atoms with van der Waals surface area (Å²) in [5.74, 6) is -4.19. The Hall–Kier alpha value is -4.01. The summed E-state index contributed by atoms with van der Waals surface area (Å²) in [7, 11) is 0. The highest BCUT2D eigenvalue weighted by atomic mass is 16.6. The van der Waals surface area contributed by atoms with E-state index < -0.39 is 77.3 Å². The number of nitro groups is 1. The van der Waals surface area contributed by atoms with Gasteiger partial charge in [0.2, 0.25) is 11.7 Å². The van der Waals surface area contributed by atoms with Crippen LogP contribution in [0.2, 0.25) is 0 Å². The number of nitrogens with zero attached hydrogens (tertiary/aromatic N) is 1. The van der Waals surface area contributed by atoms with Crippen molar-refractivity contribution in [2.24, 2.45) is 28.6 Å². The van der Waals surface area contributed by atoms with Crippen LogP contribution in [0, 0.1) is 38.7 Å². The van der Waals surface area contributed by atoms with E-state index in [9.17, 15) is 54.5 Å². The number of non-ortho nitro benzene ring substituents is 1. The van der Waals surface area contributed by atoms with Crippen LogP contribution in [-0.2, 0) is 28.7 Å². The summed E-state index contributed by atoms with van der Waals surface area (Å²) in [6.45, 7) is 3.17. The van der Waals surface area contributed by atoms with Crippen LogP contribution in [0.25, 0.3) is 0 Å². The Morgan fingerprint density at radius 1 is 1.12 bits per heavy atom. The zero-order chi connectivity index (χ0) is 35.2. The number of rotatable bonds is 11. The van der Waals surface area contributed by atoms with Crippen LogP contribution >= 0.6 is 0 Å². The number of carboxylic acid groups (broad SMARTS) is 1. The second-order valence-corrected chi connectivity index (χ2v) is 14.2. The highest BCUT2D eigenvalue weighted by molar-refractivity contribution is 5.92. The van der Waals surface area contributed by atoms with Crippen LogP contribution in [0.4, 0.5) is 5.69 Å². The van der Waals surface area contributed by atoms with Crippen molar-refractivity contribution in [1.29, 1.82) is 0 Å². The highest BCUT2D eigenvalue weighted by Gasteiger charge is 2.68. The Morgan fingerprint density at radius 2 is 1.85 bits per heavy atom. The summed E-state index contributed by atoms with van der Waals surface area (Å²) in [5, 5.41) is 56.6. The molecule has 0 unspecified atom stereocenters. The minimum atomic E-state index is -1.87. The van der Waals surface area contributed by atoms with Crippen LogP contribution in [0.3, 0.4) is 0 Å². The normalized spacial score (nSPS) is 33.6. The molecule has 48 heavy (non-hydrogen) atoms. The lowest BCUT2D eigenvalue weighted by Gasteiger charge is -2.60. The molecular formula is C34H42N2O12. The number of Topliss-reactive ketones (excluding diaryl/α,β-unsaturated/α-hetero) is 1. The van der Waals surface area contributed by atoms with Crippen molar-refractivity contribution in [1.82, 2.24) is 5.32 Å². The molecule has 14 nitrogen and oxygen atoms in total. The van der Waals surface area contributed by atoms with Crippen LogP contribution in [0.5, 0.6) is 0 Å². The number of hydrogen-bond acceptors (Lipinski definition) is 11. The molecule has 0 saturated heterocycles. The minimum absolute atomic E-state index is 0.0437. The van der Waals surface area contributed by atoms with Crippen molar-refractivity contribution >= 4 is 35.1 Å². The third-order valence-corrected chi connectivity index (χ3v) is 11.8. The van der Waals surface area contributed by atoms with Gasteiger partial charge in [0.05, 0.1) is 17.4 Å².